The molecule has 1 N–H and O–H groups in total. The van der Waals surface area contributed by atoms with Crippen molar-refractivity contribution in [3.05, 3.63) is 33.9 Å². The second-order valence-corrected chi connectivity index (χ2v) is 5.99. The molecule has 0 saturated carbocycles. The van der Waals surface area contributed by atoms with Crippen LogP contribution in [0.1, 0.15) is 18.4 Å². The number of nitrogens with one attached hydrogen (secondary N) is 1. The third kappa shape index (κ3) is 6.43. The smallest absolute Gasteiger partial charge is 0.311 e. The Balaban J connectivity index is 1.54. The number of hydrogen-bond acceptors (Lipinski definition) is 6. The monoisotopic (exact) mass is 337 g/mol. The lowest BCUT2D eigenvalue weighted by Crippen LogP contribution is -2.40. The van der Waals surface area contributed by atoms with Crippen molar-refractivity contribution in [2.45, 2.75) is 19.8 Å². The molecule has 0 bridgehead atoms. The number of unbranched alkanes of at least 4 members (excludes halogenated alkanes) is 1. The van der Waals surface area contributed by atoms with Crippen molar-refractivity contribution in [1.29, 1.82) is 0 Å². The van der Waals surface area contributed by atoms with Crippen LogP contribution >= 0.6 is 0 Å². The molecule has 0 aliphatic carbocycles. The Kier molecular flexibility index (Phi) is 7.94. The Bertz CT molecular complexity index is 519. The van der Waals surface area contributed by atoms with Gasteiger partial charge in [0.25, 0.3) is 0 Å². The Labute approximate surface area is 143 Å². The van der Waals surface area contributed by atoms with Crippen LogP contribution in [0.25, 0.3) is 0 Å². The van der Waals surface area contributed by atoms with Gasteiger partial charge in [0.15, 0.2) is 5.75 Å². The van der Waals surface area contributed by atoms with Gasteiger partial charge in [0.1, 0.15) is 0 Å². The number of ether oxygens (including phenoxy) is 2. The Morgan fingerprint density at radius 3 is 2.83 bits per heavy atom. The minimum atomic E-state index is -0.393. The van der Waals surface area contributed by atoms with Crippen molar-refractivity contribution in [2.75, 3.05) is 52.5 Å². The summed E-state index contributed by atoms with van der Waals surface area (Å²) in [5, 5.41) is 14.4. The molecule has 7 nitrogen and oxygen atoms in total. The molecular formula is C17H27N3O4. The minimum Gasteiger partial charge on any atom is -0.487 e. The fourth-order valence-electron chi connectivity index (χ4n) is 2.61. The number of nitro benzene ring substituents is 1. The first-order valence-corrected chi connectivity index (χ1v) is 8.55. The number of nitrogens with zero attached hydrogens (tertiary/aromatic N) is 2. The molecule has 1 heterocycles. The highest BCUT2D eigenvalue weighted by molar-refractivity contribution is 5.48. The van der Waals surface area contributed by atoms with Crippen LogP contribution in [-0.2, 0) is 4.74 Å². The molecule has 0 spiro atoms. The number of morpholine rings is 1. The minimum absolute atomic E-state index is 0.0404. The largest absolute Gasteiger partial charge is 0.487 e. The predicted molar refractivity (Wildman–Crippen MR) is 92.7 cm³/mol. The summed E-state index contributed by atoms with van der Waals surface area (Å²) < 4.78 is 10.9. The summed E-state index contributed by atoms with van der Waals surface area (Å²) in [6, 6.07) is 5.05. The van der Waals surface area contributed by atoms with Crippen molar-refractivity contribution in [2.24, 2.45) is 0 Å². The quantitative estimate of drug-likeness (QED) is 0.400. The molecular weight excluding hydrogens is 310 g/mol. The zero-order chi connectivity index (χ0) is 17.2. The second kappa shape index (κ2) is 10.2. The van der Waals surface area contributed by atoms with Crippen LogP contribution in [0.5, 0.6) is 5.75 Å². The molecule has 0 amide bonds. The molecule has 24 heavy (non-hydrogen) atoms. The summed E-state index contributed by atoms with van der Waals surface area (Å²) in [5.74, 6) is 0.353. The van der Waals surface area contributed by atoms with Gasteiger partial charge in [0.05, 0.1) is 24.7 Å². The number of nitro groups is 1. The van der Waals surface area contributed by atoms with E-state index in [2.05, 4.69) is 10.2 Å². The highest BCUT2D eigenvalue weighted by Gasteiger charge is 2.14. The molecule has 7 heteroatoms. The van der Waals surface area contributed by atoms with Crippen LogP contribution in [0.2, 0.25) is 0 Å². The normalized spacial score (nSPS) is 15.4. The van der Waals surface area contributed by atoms with Gasteiger partial charge in [-0.15, -0.1) is 0 Å². The molecule has 0 atom stereocenters. The molecule has 0 aromatic heterocycles. The Morgan fingerprint density at radius 2 is 2.08 bits per heavy atom. The summed E-state index contributed by atoms with van der Waals surface area (Å²) in [5.41, 5.74) is 0.900. The molecule has 1 aliphatic heterocycles. The topological polar surface area (TPSA) is 76.9 Å². The van der Waals surface area contributed by atoms with Gasteiger partial charge in [0.2, 0.25) is 0 Å². The average Bonchev–Trinajstić information content (AvgIpc) is 2.59. The van der Waals surface area contributed by atoms with Gasteiger partial charge in [-0.25, -0.2) is 0 Å². The molecule has 0 unspecified atom stereocenters. The van der Waals surface area contributed by atoms with Gasteiger partial charge in [-0.1, -0.05) is 6.07 Å². The van der Waals surface area contributed by atoms with E-state index in [9.17, 15) is 10.1 Å². The van der Waals surface area contributed by atoms with E-state index in [1.807, 2.05) is 13.0 Å². The van der Waals surface area contributed by atoms with E-state index in [1.165, 1.54) is 0 Å². The zero-order valence-corrected chi connectivity index (χ0v) is 14.3. The van der Waals surface area contributed by atoms with Crippen molar-refractivity contribution in [1.82, 2.24) is 10.2 Å². The summed E-state index contributed by atoms with van der Waals surface area (Å²) in [6.45, 7) is 9.00. The Hall–Kier alpha value is -1.70. The standard InChI is InChI=1S/C17H27N3O4/c1-15-4-5-17(16(14-15)20(21)22)24-11-3-2-6-18-7-8-19-9-12-23-13-10-19/h4-5,14,18H,2-3,6-13H2,1H3. The van der Waals surface area contributed by atoms with E-state index < -0.39 is 4.92 Å². The predicted octanol–water partition coefficient (Wildman–Crippen LogP) is 1.98. The molecule has 0 radical (unpaired) electrons. The first-order chi connectivity index (χ1) is 11.7. The van der Waals surface area contributed by atoms with Crippen LogP contribution < -0.4 is 10.1 Å². The first-order valence-electron chi connectivity index (χ1n) is 8.55. The van der Waals surface area contributed by atoms with Crippen LogP contribution in [0.15, 0.2) is 18.2 Å². The maximum atomic E-state index is 11.0. The maximum absolute atomic E-state index is 11.0. The van der Waals surface area contributed by atoms with E-state index in [0.717, 1.165) is 64.3 Å². The van der Waals surface area contributed by atoms with Crippen LogP contribution in [0.3, 0.4) is 0 Å². The number of rotatable bonds is 10. The van der Waals surface area contributed by atoms with Crippen molar-refractivity contribution >= 4 is 5.69 Å². The van der Waals surface area contributed by atoms with Gasteiger partial charge in [0, 0.05) is 32.2 Å². The molecule has 1 aromatic carbocycles. The second-order valence-electron chi connectivity index (χ2n) is 5.99. The summed E-state index contributed by atoms with van der Waals surface area (Å²) in [4.78, 5) is 13.0. The van der Waals surface area contributed by atoms with Crippen molar-refractivity contribution in [3.63, 3.8) is 0 Å². The van der Waals surface area contributed by atoms with E-state index >= 15 is 0 Å². The summed E-state index contributed by atoms with van der Waals surface area (Å²) >= 11 is 0. The maximum Gasteiger partial charge on any atom is 0.311 e. The molecule has 1 saturated heterocycles. The van der Waals surface area contributed by atoms with Crippen molar-refractivity contribution in [3.8, 4) is 5.75 Å². The van der Waals surface area contributed by atoms with Crippen LogP contribution in [0.4, 0.5) is 5.69 Å². The van der Waals surface area contributed by atoms with Crippen LogP contribution in [0, 0.1) is 17.0 Å². The lowest BCUT2D eigenvalue weighted by molar-refractivity contribution is -0.385. The molecule has 2 rings (SSSR count). The zero-order valence-electron chi connectivity index (χ0n) is 14.3. The third-order valence-electron chi connectivity index (χ3n) is 4.03. The van der Waals surface area contributed by atoms with Gasteiger partial charge in [-0.3, -0.25) is 15.0 Å². The van der Waals surface area contributed by atoms with Gasteiger partial charge in [-0.2, -0.15) is 0 Å². The van der Waals surface area contributed by atoms with Gasteiger partial charge < -0.3 is 14.8 Å². The number of aryl methyl sites for hydroxylation is 1. The van der Waals surface area contributed by atoms with E-state index in [4.69, 9.17) is 9.47 Å². The lowest BCUT2D eigenvalue weighted by Gasteiger charge is -2.26. The highest BCUT2D eigenvalue weighted by atomic mass is 16.6. The fourth-order valence-corrected chi connectivity index (χ4v) is 2.61. The van der Waals surface area contributed by atoms with Crippen LogP contribution in [-0.4, -0.2) is 62.4 Å². The number of benzene rings is 1. The third-order valence-corrected chi connectivity index (χ3v) is 4.03. The number of hydrogen-bond donors (Lipinski definition) is 1. The highest BCUT2D eigenvalue weighted by Crippen LogP contribution is 2.27. The summed E-state index contributed by atoms with van der Waals surface area (Å²) in [6.07, 6.45) is 1.86. The SMILES string of the molecule is Cc1ccc(OCCCCNCCN2CCOCC2)c([N+](=O)[O-])c1. The van der Waals surface area contributed by atoms with Crippen molar-refractivity contribution < 1.29 is 14.4 Å². The molecule has 1 aliphatic rings. The Morgan fingerprint density at radius 1 is 1.29 bits per heavy atom. The molecule has 1 aromatic rings. The van der Waals surface area contributed by atoms with E-state index in [-0.39, 0.29) is 5.69 Å². The average molecular weight is 337 g/mol. The lowest BCUT2D eigenvalue weighted by atomic mass is 10.2. The van der Waals surface area contributed by atoms with E-state index in [0.29, 0.717) is 12.4 Å². The van der Waals surface area contributed by atoms with E-state index in [1.54, 1.807) is 12.1 Å². The van der Waals surface area contributed by atoms with Gasteiger partial charge in [-0.05, 0) is 37.9 Å². The fraction of sp³-hybridized carbons (Fsp3) is 0.647. The summed E-state index contributed by atoms with van der Waals surface area (Å²) in [7, 11) is 0. The molecule has 134 valence electrons. The van der Waals surface area contributed by atoms with Gasteiger partial charge >= 0.3 is 5.69 Å². The first kappa shape index (κ1) is 18.6. The molecule has 1 fully saturated rings.